The first-order valence-electron chi connectivity index (χ1n) is 22.2. The zero-order valence-electron chi connectivity index (χ0n) is 38.3. The highest BCUT2D eigenvalue weighted by Gasteiger charge is 2.46. The molecule has 4 amide bonds. The molecule has 8 rings (SSSR count). The smallest absolute Gasteiger partial charge is 0.408 e. The van der Waals surface area contributed by atoms with E-state index in [1.54, 1.807) is 31.9 Å². The van der Waals surface area contributed by atoms with Crippen LogP contribution in [0.25, 0.3) is 44.2 Å². The first kappa shape index (κ1) is 44.4. The number of carbonyl (C=O) groups is 4. The van der Waals surface area contributed by atoms with Crippen LogP contribution in [0.2, 0.25) is 0 Å². The van der Waals surface area contributed by atoms with Gasteiger partial charge in [0.15, 0.2) is 0 Å². The fraction of sp³-hybridized carbons (Fsp3) is 0.500. The van der Waals surface area contributed by atoms with Crippen LogP contribution in [0.15, 0.2) is 48.7 Å². The second-order valence-electron chi connectivity index (χ2n) is 19.5. The van der Waals surface area contributed by atoms with Gasteiger partial charge in [0.25, 0.3) is 0 Å². The predicted molar refractivity (Wildman–Crippen MR) is 241 cm³/mol. The number of amides is 4. The van der Waals surface area contributed by atoms with Crippen molar-refractivity contribution >= 4 is 45.8 Å². The molecule has 0 saturated carbocycles. The second kappa shape index (κ2) is 16.8. The number of fused-ring (bicyclic) bond motifs is 6. The van der Waals surface area contributed by atoms with Gasteiger partial charge in [0.05, 0.1) is 47.7 Å². The van der Waals surface area contributed by atoms with E-state index in [4.69, 9.17) is 24.2 Å². The molecule has 340 valence electrons. The summed E-state index contributed by atoms with van der Waals surface area (Å²) in [5.74, 6) is 1.36. The van der Waals surface area contributed by atoms with Crippen LogP contribution < -0.4 is 15.4 Å². The molecular weight excluding hydrogens is 817 g/mol. The first-order chi connectivity index (χ1) is 30.2. The summed E-state index contributed by atoms with van der Waals surface area (Å²) in [6, 6.07) is 11.6. The normalized spacial score (nSPS) is 20.8. The van der Waals surface area contributed by atoms with Crippen LogP contribution in [-0.4, -0.2) is 101 Å². The van der Waals surface area contributed by atoms with Crippen LogP contribution in [0.1, 0.15) is 117 Å². The number of methoxy groups -OCH3 is 1. The number of nitrogens with zero attached hydrogens (tertiary/aromatic N) is 4. The summed E-state index contributed by atoms with van der Waals surface area (Å²) >= 11 is 0. The minimum absolute atomic E-state index is 0.0260. The number of alkyl carbamates (subject to hydrolysis) is 2. The largest absolute Gasteiger partial charge is 0.488 e. The lowest BCUT2D eigenvalue weighted by Crippen LogP contribution is -2.59. The van der Waals surface area contributed by atoms with E-state index < -0.39 is 47.4 Å². The fourth-order valence-corrected chi connectivity index (χ4v) is 9.51. The SMILES string of the molecule is COC(=O)NC(C(=O)N1[C@@H](C)CC[C@H]1c1ncc(-c2ccc3c(c2)COc2cc4c(ccc5nc([C@@H]6CC[C@H](C)N6C(=O)[C@@H](NC(=O)OC(C)(C)C)C(C)(C)O)[nH]c54)cc2-3)[nH]1)C(C)C. The van der Waals surface area contributed by atoms with E-state index in [1.165, 1.54) is 21.0 Å². The second-order valence-corrected chi connectivity index (χ2v) is 19.5. The Balaban J connectivity index is 1.04. The quantitative estimate of drug-likeness (QED) is 0.0972. The Morgan fingerprint density at radius 3 is 2.19 bits per heavy atom. The number of hydrogen-bond acceptors (Lipinski definition) is 10. The number of aromatic nitrogens is 4. The number of imidazole rings is 2. The molecule has 0 spiro atoms. The standard InChI is InChI=1S/C48H60N8O8/c1-24(2)38(53-45(59)62-10)43(57)55-25(3)11-17-35(55)41-49-22-34(51-41)28-13-15-30-29(19-28)23-63-37-21-31-27(20-32(30)37)14-16-33-39(31)52-42(50-33)36-18-12-26(4)56(36)44(58)40(48(8,9)61)54-46(60)64-47(5,6)7/h13-16,19-22,24-26,35-36,38,40,61H,11-12,17-18,23H2,1-10H3,(H,49,51)(H,50,52)(H,53,59)(H,54,60)/t25-,26-,35-,36-,38?,40+/m0/s1. The lowest BCUT2D eigenvalue weighted by molar-refractivity contribution is -0.142. The van der Waals surface area contributed by atoms with Crippen LogP contribution in [-0.2, 0) is 25.7 Å². The van der Waals surface area contributed by atoms with Crippen molar-refractivity contribution in [3.63, 3.8) is 0 Å². The van der Waals surface area contributed by atoms with Gasteiger partial charge in [0, 0.05) is 23.0 Å². The Hall–Kier alpha value is -6.16. The maximum atomic E-state index is 14.3. The van der Waals surface area contributed by atoms with Gasteiger partial charge in [0.2, 0.25) is 11.8 Å². The number of aliphatic hydroxyl groups is 1. The Bertz CT molecular complexity index is 2620. The van der Waals surface area contributed by atoms with Crippen molar-refractivity contribution in [2.45, 2.75) is 142 Å². The summed E-state index contributed by atoms with van der Waals surface area (Å²) in [6.07, 6.45) is 3.32. The highest BCUT2D eigenvalue weighted by atomic mass is 16.6. The fourth-order valence-electron chi connectivity index (χ4n) is 9.51. The Morgan fingerprint density at radius 2 is 1.53 bits per heavy atom. The van der Waals surface area contributed by atoms with Crippen molar-refractivity contribution < 1.29 is 38.5 Å². The van der Waals surface area contributed by atoms with E-state index in [2.05, 4.69) is 44.9 Å². The third-order valence-corrected chi connectivity index (χ3v) is 12.8. The van der Waals surface area contributed by atoms with Crippen molar-refractivity contribution in [2.24, 2.45) is 5.92 Å². The lowest BCUT2D eigenvalue weighted by Gasteiger charge is -2.36. The minimum atomic E-state index is -1.57. The number of aromatic amines is 2. The van der Waals surface area contributed by atoms with Gasteiger partial charge in [0.1, 0.15) is 41.7 Å². The summed E-state index contributed by atoms with van der Waals surface area (Å²) in [6.45, 7) is 16.4. The number of nitrogens with one attached hydrogen (secondary N) is 4. The number of likely N-dealkylation sites (tertiary alicyclic amines) is 2. The zero-order valence-corrected chi connectivity index (χ0v) is 38.3. The monoisotopic (exact) mass is 876 g/mol. The highest BCUT2D eigenvalue weighted by Crippen LogP contribution is 2.44. The van der Waals surface area contributed by atoms with Crippen LogP contribution in [0.3, 0.4) is 0 Å². The predicted octanol–water partition coefficient (Wildman–Crippen LogP) is 7.81. The maximum absolute atomic E-state index is 14.3. The summed E-state index contributed by atoms with van der Waals surface area (Å²) in [7, 11) is 1.29. The molecule has 64 heavy (non-hydrogen) atoms. The molecule has 2 fully saturated rings. The van der Waals surface area contributed by atoms with Gasteiger partial charge in [-0.1, -0.05) is 32.0 Å². The van der Waals surface area contributed by atoms with E-state index in [9.17, 15) is 24.3 Å². The van der Waals surface area contributed by atoms with Crippen molar-refractivity contribution in [1.82, 2.24) is 40.4 Å². The average molecular weight is 877 g/mol. The van der Waals surface area contributed by atoms with Gasteiger partial charge in [-0.3, -0.25) is 9.59 Å². The van der Waals surface area contributed by atoms with Crippen molar-refractivity contribution in [3.8, 4) is 28.1 Å². The van der Waals surface area contributed by atoms with Gasteiger partial charge in [-0.05, 0) is 126 Å². The third kappa shape index (κ3) is 8.47. The molecule has 2 saturated heterocycles. The zero-order chi connectivity index (χ0) is 46.0. The Kier molecular flexibility index (Phi) is 11.6. The molecule has 0 bridgehead atoms. The molecule has 3 aliphatic heterocycles. The van der Waals surface area contributed by atoms with E-state index in [0.717, 1.165) is 74.8 Å². The summed E-state index contributed by atoms with van der Waals surface area (Å²) < 4.78 is 16.7. The van der Waals surface area contributed by atoms with Gasteiger partial charge >= 0.3 is 12.2 Å². The van der Waals surface area contributed by atoms with Crippen LogP contribution in [0.4, 0.5) is 9.59 Å². The lowest BCUT2D eigenvalue weighted by atomic mass is 9.92. The maximum Gasteiger partial charge on any atom is 0.408 e. The number of carbonyl (C=O) groups excluding carboxylic acids is 4. The summed E-state index contributed by atoms with van der Waals surface area (Å²) in [5, 5.41) is 18.4. The number of benzene rings is 3. The molecule has 6 atom stereocenters. The molecule has 2 aromatic heterocycles. The molecule has 5 aromatic rings. The summed E-state index contributed by atoms with van der Waals surface area (Å²) in [5.41, 5.74) is 4.04. The van der Waals surface area contributed by atoms with E-state index >= 15 is 0 Å². The Labute approximate surface area is 372 Å². The minimum Gasteiger partial charge on any atom is -0.488 e. The first-order valence-corrected chi connectivity index (χ1v) is 22.2. The number of H-pyrrole nitrogens is 2. The van der Waals surface area contributed by atoms with Crippen LogP contribution in [0, 0.1) is 5.92 Å². The molecule has 3 aromatic carbocycles. The number of hydrogen-bond donors (Lipinski definition) is 5. The molecule has 16 nitrogen and oxygen atoms in total. The van der Waals surface area contributed by atoms with Crippen LogP contribution >= 0.6 is 0 Å². The summed E-state index contributed by atoms with van der Waals surface area (Å²) in [4.78, 5) is 73.4. The highest BCUT2D eigenvalue weighted by molar-refractivity contribution is 6.07. The topological polar surface area (TPSA) is 204 Å². The van der Waals surface area contributed by atoms with E-state index in [0.29, 0.717) is 24.7 Å². The molecule has 16 heteroatoms. The molecule has 0 aliphatic carbocycles. The average Bonchev–Trinajstić information content (AvgIpc) is 4.05. The number of ether oxygens (including phenoxy) is 3. The van der Waals surface area contributed by atoms with Gasteiger partial charge in [-0.2, -0.15) is 0 Å². The van der Waals surface area contributed by atoms with Crippen molar-refractivity contribution in [3.05, 3.63) is 65.9 Å². The van der Waals surface area contributed by atoms with E-state index in [-0.39, 0.29) is 30.0 Å². The van der Waals surface area contributed by atoms with Crippen molar-refractivity contribution in [1.29, 1.82) is 0 Å². The molecular formula is C48H60N8O8. The van der Waals surface area contributed by atoms with E-state index in [1.807, 2.05) is 50.8 Å². The van der Waals surface area contributed by atoms with Crippen LogP contribution in [0.5, 0.6) is 5.75 Å². The third-order valence-electron chi connectivity index (χ3n) is 12.8. The Morgan fingerprint density at radius 1 is 0.844 bits per heavy atom. The van der Waals surface area contributed by atoms with Gasteiger partial charge < -0.3 is 49.7 Å². The molecule has 3 aliphatic rings. The molecule has 1 unspecified atom stereocenters. The number of rotatable bonds is 9. The van der Waals surface area contributed by atoms with Gasteiger partial charge in [-0.25, -0.2) is 19.6 Å². The molecule has 5 heterocycles. The van der Waals surface area contributed by atoms with Gasteiger partial charge in [-0.15, -0.1) is 0 Å². The molecule has 0 radical (unpaired) electrons. The van der Waals surface area contributed by atoms with Crippen molar-refractivity contribution in [2.75, 3.05) is 7.11 Å². The molecule has 5 N–H and O–H groups in total.